The molecule has 4 aromatic rings. The van der Waals surface area contributed by atoms with Crippen molar-refractivity contribution in [2.45, 2.75) is 6.92 Å². The molecule has 0 saturated heterocycles. The lowest BCUT2D eigenvalue weighted by Gasteiger charge is -2.10. The number of carbonyl (C=O) groups is 2. The lowest BCUT2D eigenvalue weighted by molar-refractivity contribution is -0.131. The second-order valence-electron chi connectivity index (χ2n) is 7.27. The molecule has 3 aromatic carbocycles. The molecule has 0 aliphatic heterocycles. The molecule has 6 nitrogen and oxygen atoms in total. The summed E-state index contributed by atoms with van der Waals surface area (Å²) in [6.45, 7) is 1.63. The van der Waals surface area contributed by atoms with Crippen LogP contribution in [0.2, 0.25) is 0 Å². The highest BCUT2D eigenvalue weighted by Crippen LogP contribution is 2.42. The SMILES string of the molecule is Cc1cc(O)cc(O)c1C(=O)c1sc2cc(O)ccc2c1-c1ccc(/C=C/C(=O)O)cc1. The van der Waals surface area contributed by atoms with Crippen LogP contribution in [0.4, 0.5) is 0 Å². The normalized spacial score (nSPS) is 11.3. The molecular formula is C25H18O6S. The van der Waals surface area contributed by atoms with Gasteiger partial charge in [0.15, 0.2) is 0 Å². The molecule has 1 aromatic heterocycles. The summed E-state index contributed by atoms with van der Waals surface area (Å²) in [5.41, 5.74) is 2.60. The molecule has 0 saturated carbocycles. The van der Waals surface area contributed by atoms with Gasteiger partial charge >= 0.3 is 5.97 Å². The average Bonchev–Trinajstić information content (AvgIpc) is 3.10. The number of hydrogen-bond acceptors (Lipinski definition) is 6. The molecule has 0 unspecified atom stereocenters. The molecule has 0 fully saturated rings. The summed E-state index contributed by atoms with van der Waals surface area (Å²) in [4.78, 5) is 24.7. The molecule has 0 amide bonds. The Balaban J connectivity index is 1.90. The molecule has 32 heavy (non-hydrogen) atoms. The minimum atomic E-state index is -1.05. The molecule has 0 atom stereocenters. The Hall–Kier alpha value is -4.10. The van der Waals surface area contributed by atoms with Crippen molar-refractivity contribution in [3.63, 3.8) is 0 Å². The number of phenols is 3. The summed E-state index contributed by atoms with van der Waals surface area (Å²) in [5, 5.41) is 39.6. The van der Waals surface area contributed by atoms with Gasteiger partial charge in [-0.1, -0.05) is 24.3 Å². The summed E-state index contributed by atoms with van der Waals surface area (Å²) in [5.74, 6) is -1.82. The lowest BCUT2D eigenvalue weighted by atomic mass is 9.95. The number of phenolic OH excluding ortho intramolecular Hbond substituents is 3. The van der Waals surface area contributed by atoms with E-state index in [2.05, 4.69) is 0 Å². The Kier molecular flexibility index (Phi) is 5.42. The summed E-state index contributed by atoms with van der Waals surface area (Å²) in [7, 11) is 0. The Morgan fingerprint density at radius 3 is 2.28 bits per heavy atom. The van der Waals surface area contributed by atoms with Gasteiger partial charge in [0.05, 0.1) is 10.4 Å². The minimum Gasteiger partial charge on any atom is -0.508 e. The third-order valence-corrected chi connectivity index (χ3v) is 6.18. The number of benzene rings is 3. The van der Waals surface area contributed by atoms with Gasteiger partial charge in [-0.05, 0) is 54.0 Å². The topological polar surface area (TPSA) is 115 Å². The van der Waals surface area contributed by atoms with Gasteiger partial charge in [0, 0.05) is 27.8 Å². The molecule has 4 rings (SSSR count). The predicted octanol–water partition coefficient (Wildman–Crippen LogP) is 5.32. The van der Waals surface area contributed by atoms with Crippen molar-refractivity contribution in [2.24, 2.45) is 0 Å². The first kappa shape index (κ1) is 21.1. The van der Waals surface area contributed by atoms with E-state index in [0.717, 1.165) is 23.1 Å². The van der Waals surface area contributed by atoms with Crippen LogP contribution < -0.4 is 0 Å². The molecule has 0 aliphatic carbocycles. The summed E-state index contributed by atoms with van der Waals surface area (Å²) >= 11 is 1.20. The molecule has 0 radical (unpaired) electrons. The third-order valence-electron chi connectivity index (χ3n) is 5.02. The van der Waals surface area contributed by atoms with Crippen LogP contribution in [0.3, 0.4) is 0 Å². The van der Waals surface area contributed by atoms with E-state index in [0.29, 0.717) is 26.3 Å². The Bertz CT molecular complexity index is 1370. The van der Waals surface area contributed by atoms with Crippen molar-refractivity contribution in [1.82, 2.24) is 0 Å². The highest BCUT2D eigenvalue weighted by Gasteiger charge is 2.25. The van der Waals surface area contributed by atoms with Crippen molar-refractivity contribution >= 4 is 39.3 Å². The monoisotopic (exact) mass is 446 g/mol. The standard InChI is InChI=1S/C25H18O6S/c1-13-10-17(27)11-19(28)22(13)24(31)25-23(18-8-7-16(26)12-20(18)32-25)15-5-2-14(3-6-15)4-9-21(29)30/h2-12,26-28H,1H3,(H,29,30)/b9-4+. The van der Waals surface area contributed by atoms with Crippen molar-refractivity contribution in [1.29, 1.82) is 0 Å². The second-order valence-corrected chi connectivity index (χ2v) is 8.32. The smallest absolute Gasteiger partial charge is 0.328 e. The fourth-order valence-corrected chi connectivity index (χ4v) is 4.82. The van der Waals surface area contributed by atoms with Gasteiger partial charge in [0.25, 0.3) is 0 Å². The van der Waals surface area contributed by atoms with E-state index in [4.69, 9.17) is 5.11 Å². The van der Waals surface area contributed by atoms with Gasteiger partial charge in [-0.2, -0.15) is 0 Å². The maximum absolute atomic E-state index is 13.5. The van der Waals surface area contributed by atoms with Gasteiger partial charge in [0.2, 0.25) is 5.78 Å². The summed E-state index contributed by atoms with van der Waals surface area (Å²) < 4.78 is 0.703. The van der Waals surface area contributed by atoms with E-state index in [-0.39, 0.29) is 22.8 Å². The number of aryl methyl sites for hydroxylation is 1. The van der Waals surface area contributed by atoms with Crippen molar-refractivity contribution in [2.75, 3.05) is 0 Å². The summed E-state index contributed by atoms with van der Waals surface area (Å²) in [6.07, 6.45) is 2.52. The fourth-order valence-electron chi connectivity index (χ4n) is 3.62. The zero-order chi connectivity index (χ0) is 23.0. The molecule has 0 aliphatic rings. The number of thiophene rings is 1. The first-order chi connectivity index (χ1) is 15.2. The largest absolute Gasteiger partial charge is 0.508 e. The minimum absolute atomic E-state index is 0.0714. The van der Waals surface area contributed by atoms with Crippen molar-refractivity contribution < 1.29 is 30.0 Å². The van der Waals surface area contributed by atoms with Crippen LogP contribution in [-0.4, -0.2) is 32.2 Å². The first-order valence-electron chi connectivity index (χ1n) is 9.59. The average molecular weight is 446 g/mol. The van der Waals surface area contributed by atoms with E-state index in [1.54, 1.807) is 49.4 Å². The van der Waals surface area contributed by atoms with Gasteiger partial charge in [-0.15, -0.1) is 11.3 Å². The Morgan fingerprint density at radius 1 is 0.906 bits per heavy atom. The maximum atomic E-state index is 13.5. The van der Waals surface area contributed by atoms with Crippen LogP contribution in [0.5, 0.6) is 17.2 Å². The molecule has 0 bridgehead atoms. The van der Waals surface area contributed by atoms with E-state index < -0.39 is 11.8 Å². The van der Waals surface area contributed by atoms with Crippen LogP contribution in [0, 0.1) is 6.92 Å². The van der Waals surface area contributed by atoms with Gasteiger partial charge < -0.3 is 20.4 Å². The molecule has 1 heterocycles. The van der Waals surface area contributed by atoms with Crippen LogP contribution in [0.1, 0.15) is 26.4 Å². The number of hydrogen-bond donors (Lipinski definition) is 4. The number of carboxylic acid groups (broad SMARTS) is 1. The number of carboxylic acids is 1. The number of aliphatic carboxylic acids is 1. The number of aromatic hydroxyl groups is 3. The van der Waals surface area contributed by atoms with Gasteiger partial charge in [-0.3, -0.25) is 4.79 Å². The fraction of sp³-hybridized carbons (Fsp3) is 0.0400. The highest BCUT2D eigenvalue weighted by atomic mass is 32.1. The Labute approximate surface area is 187 Å². The van der Waals surface area contributed by atoms with Crippen LogP contribution >= 0.6 is 11.3 Å². The van der Waals surface area contributed by atoms with Crippen molar-refractivity contribution in [3.05, 3.63) is 82.2 Å². The molecule has 0 spiro atoms. The van der Waals surface area contributed by atoms with Crippen LogP contribution in [0.25, 0.3) is 27.3 Å². The number of ketones is 1. The predicted molar refractivity (Wildman–Crippen MR) is 124 cm³/mol. The zero-order valence-corrected chi connectivity index (χ0v) is 17.7. The number of fused-ring (bicyclic) bond motifs is 1. The first-order valence-corrected chi connectivity index (χ1v) is 10.4. The number of rotatable bonds is 5. The Morgan fingerprint density at radius 2 is 1.62 bits per heavy atom. The van der Waals surface area contributed by atoms with E-state index in [1.807, 2.05) is 0 Å². The zero-order valence-electron chi connectivity index (χ0n) is 16.9. The van der Waals surface area contributed by atoms with Gasteiger partial charge in [-0.25, -0.2) is 4.79 Å². The van der Waals surface area contributed by atoms with E-state index in [1.165, 1.54) is 23.5 Å². The van der Waals surface area contributed by atoms with E-state index >= 15 is 0 Å². The quantitative estimate of drug-likeness (QED) is 0.244. The second kappa shape index (κ2) is 8.20. The third kappa shape index (κ3) is 3.93. The van der Waals surface area contributed by atoms with E-state index in [9.17, 15) is 24.9 Å². The van der Waals surface area contributed by atoms with Crippen LogP contribution in [-0.2, 0) is 4.79 Å². The highest BCUT2D eigenvalue weighted by molar-refractivity contribution is 7.21. The van der Waals surface area contributed by atoms with Crippen LogP contribution in [0.15, 0.2) is 60.7 Å². The van der Waals surface area contributed by atoms with Gasteiger partial charge in [0.1, 0.15) is 17.2 Å². The molecule has 4 N–H and O–H groups in total. The maximum Gasteiger partial charge on any atom is 0.328 e. The molecule has 160 valence electrons. The molecular weight excluding hydrogens is 428 g/mol. The number of carbonyl (C=O) groups excluding carboxylic acids is 1. The summed E-state index contributed by atoms with van der Waals surface area (Å²) in [6, 6.07) is 14.5. The van der Waals surface area contributed by atoms with Crippen molar-refractivity contribution in [3.8, 4) is 28.4 Å². The molecule has 7 heteroatoms. The lowest BCUT2D eigenvalue weighted by Crippen LogP contribution is -2.04.